The molecule has 0 saturated carbocycles. The molecule has 0 N–H and O–H groups in total. The number of amides is 1. The first-order chi connectivity index (χ1) is 11.5. The summed E-state index contributed by atoms with van der Waals surface area (Å²) in [6, 6.07) is 11.5. The van der Waals surface area contributed by atoms with Crippen molar-refractivity contribution in [3.63, 3.8) is 0 Å². The Labute approximate surface area is 143 Å². The van der Waals surface area contributed by atoms with Crippen LogP contribution in [0.3, 0.4) is 0 Å². The molecule has 0 saturated heterocycles. The van der Waals surface area contributed by atoms with Gasteiger partial charge in [0.25, 0.3) is 5.91 Å². The van der Waals surface area contributed by atoms with Crippen molar-refractivity contribution in [2.75, 3.05) is 11.5 Å². The lowest BCUT2D eigenvalue weighted by Gasteiger charge is -2.22. The molecule has 3 rings (SSSR count). The van der Waals surface area contributed by atoms with Crippen LogP contribution in [-0.4, -0.2) is 24.5 Å². The highest BCUT2D eigenvalue weighted by Crippen LogP contribution is 2.31. The third-order valence-corrected chi connectivity index (χ3v) is 4.28. The van der Waals surface area contributed by atoms with E-state index in [-0.39, 0.29) is 22.5 Å². The fraction of sp³-hybridized carbons (Fsp3) is 0.222. The first kappa shape index (κ1) is 16.5. The molecule has 2 aromatic rings. The SMILES string of the molecule is CC1Cc2ccccc2N1C(=O)COC(=O)c1c(F)cccc1Cl. The molecule has 1 aliphatic rings. The van der Waals surface area contributed by atoms with E-state index in [0.717, 1.165) is 23.7 Å². The van der Waals surface area contributed by atoms with Gasteiger partial charge in [-0.3, -0.25) is 4.79 Å². The van der Waals surface area contributed by atoms with Gasteiger partial charge in [0.05, 0.1) is 5.02 Å². The minimum Gasteiger partial charge on any atom is -0.452 e. The molecule has 24 heavy (non-hydrogen) atoms. The molecule has 1 amide bonds. The number of esters is 1. The number of benzene rings is 2. The van der Waals surface area contributed by atoms with E-state index in [2.05, 4.69) is 0 Å². The maximum absolute atomic E-state index is 13.7. The molecule has 124 valence electrons. The van der Waals surface area contributed by atoms with Crippen molar-refractivity contribution in [2.24, 2.45) is 0 Å². The summed E-state index contributed by atoms with van der Waals surface area (Å²) in [6.45, 7) is 1.45. The fourth-order valence-corrected chi connectivity index (χ4v) is 3.15. The number of ether oxygens (including phenoxy) is 1. The predicted molar refractivity (Wildman–Crippen MR) is 88.8 cm³/mol. The van der Waals surface area contributed by atoms with E-state index < -0.39 is 18.4 Å². The van der Waals surface area contributed by atoms with Crippen molar-refractivity contribution < 1.29 is 18.7 Å². The zero-order chi connectivity index (χ0) is 17.3. The minimum atomic E-state index is -0.952. The van der Waals surface area contributed by atoms with Crippen molar-refractivity contribution >= 4 is 29.2 Å². The second kappa shape index (κ2) is 6.61. The first-order valence-corrected chi connectivity index (χ1v) is 7.88. The van der Waals surface area contributed by atoms with Crippen molar-refractivity contribution in [1.29, 1.82) is 0 Å². The zero-order valence-electron chi connectivity index (χ0n) is 13.0. The third kappa shape index (κ3) is 2.99. The van der Waals surface area contributed by atoms with E-state index >= 15 is 0 Å². The van der Waals surface area contributed by atoms with Gasteiger partial charge in [-0.25, -0.2) is 9.18 Å². The Morgan fingerprint density at radius 3 is 2.75 bits per heavy atom. The third-order valence-electron chi connectivity index (χ3n) is 3.97. The highest BCUT2D eigenvalue weighted by molar-refractivity contribution is 6.33. The Balaban J connectivity index is 1.71. The molecule has 2 aromatic carbocycles. The van der Waals surface area contributed by atoms with Gasteiger partial charge in [0.1, 0.15) is 11.4 Å². The molecular weight excluding hydrogens is 333 g/mol. The van der Waals surface area contributed by atoms with Crippen molar-refractivity contribution in [3.8, 4) is 0 Å². The second-order valence-corrected chi connectivity index (χ2v) is 6.03. The summed E-state index contributed by atoms with van der Waals surface area (Å²) >= 11 is 5.82. The molecule has 1 heterocycles. The summed E-state index contributed by atoms with van der Waals surface area (Å²) in [7, 11) is 0. The van der Waals surface area contributed by atoms with Crippen molar-refractivity contribution in [3.05, 3.63) is 64.4 Å². The standard InChI is InChI=1S/C18H15ClFNO3/c1-11-9-12-5-2-3-8-15(12)21(11)16(22)10-24-18(23)17-13(19)6-4-7-14(17)20/h2-8,11H,9-10H2,1H3. The van der Waals surface area contributed by atoms with Crippen LogP contribution in [0.2, 0.25) is 5.02 Å². The Morgan fingerprint density at radius 1 is 1.25 bits per heavy atom. The van der Waals surface area contributed by atoms with E-state index in [9.17, 15) is 14.0 Å². The van der Waals surface area contributed by atoms with Crippen LogP contribution in [0.5, 0.6) is 0 Å². The van der Waals surface area contributed by atoms with Gasteiger partial charge in [0, 0.05) is 11.7 Å². The van der Waals surface area contributed by atoms with Crippen LogP contribution in [0.1, 0.15) is 22.8 Å². The van der Waals surface area contributed by atoms with E-state index in [1.54, 1.807) is 4.90 Å². The number of carbonyl (C=O) groups is 2. The number of rotatable bonds is 3. The Kier molecular flexibility index (Phi) is 4.53. The molecule has 1 aliphatic heterocycles. The molecule has 0 bridgehead atoms. The smallest absolute Gasteiger partial charge is 0.343 e. The second-order valence-electron chi connectivity index (χ2n) is 5.62. The first-order valence-electron chi connectivity index (χ1n) is 7.50. The molecule has 1 unspecified atom stereocenters. The largest absolute Gasteiger partial charge is 0.452 e. The summed E-state index contributed by atoms with van der Waals surface area (Å²) in [5.74, 6) is -2.08. The van der Waals surface area contributed by atoms with E-state index in [1.165, 1.54) is 12.1 Å². The minimum absolute atomic E-state index is 0.0225. The summed E-state index contributed by atoms with van der Waals surface area (Å²) < 4.78 is 18.7. The maximum atomic E-state index is 13.7. The van der Waals surface area contributed by atoms with Crippen LogP contribution >= 0.6 is 11.6 Å². The number of carbonyl (C=O) groups excluding carboxylic acids is 2. The lowest BCUT2D eigenvalue weighted by Crippen LogP contribution is -2.38. The number of halogens is 2. The fourth-order valence-electron chi connectivity index (χ4n) is 2.91. The average Bonchev–Trinajstić information content (AvgIpc) is 2.88. The number of fused-ring (bicyclic) bond motifs is 1. The van der Waals surface area contributed by atoms with Crippen LogP contribution in [0.25, 0.3) is 0 Å². The average molecular weight is 348 g/mol. The lowest BCUT2D eigenvalue weighted by molar-refractivity contribution is -0.122. The predicted octanol–water partition coefficient (Wildman–Crippen LogP) is 3.61. The molecule has 0 radical (unpaired) electrons. The Bertz CT molecular complexity index is 788. The van der Waals surface area contributed by atoms with Crippen LogP contribution < -0.4 is 4.90 Å². The van der Waals surface area contributed by atoms with Crippen molar-refractivity contribution in [1.82, 2.24) is 0 Å². The number of hydrogen-bond acceptors (Lipinski definition) is 3. The van der Waals surface area contributed by atoms with Crippen LogP contribution in [0.4, 0.5) is 10.1 Å². The van der Waals surface area contributed by atoms with Gasteiger partial charge in [0.15, 0.2) is 6.61 Å². The molecule has 0 spiro atoms. The topological polar surface area (TPSA) is 46.6 Å². The van der Waals surface area contributed by atoms with Gasteiger partial charge < -0.3 is 9.64 Å². The highest BCUT2D eigenvalue weighted by atomic mass is 35.5. The Morgan fingerprint density at radius 2 is 2.00 bits per heavy atom. The van der Waals surface area contributed by atoms with Gasteiger partial charge in [-0.15, -0.1) is 0 Å². The molecule has 0 fully saturated rings. The van der Waals surface area contributed by atoms with Gasteiger partial charge in [-0.1, -0.05) is 35.9 Å². The number of hydrogen-bond donors (Lipinski definition) is 0. The number of anilines is 1. The molecule has 4 nitrogen and oxygen atoms in total. The van der Waals surface area contributed by atoms with Crippen LogP contribution in [0, 0.1) is 5.82 Å². The number of para-hydroxylation sites is 1. The summed E-state index contributed by atoms with van der Waals surface area (Å²) in [5, 5.41) is -0.0488. The zero-order valence-corrected chi connectivity index (χ0v) is 13.7. The summed E-state index contributed by atoms with van der Waals surface area (Å²) in [5.41, 5.74) is 1.53. The van der Waals surface area contributed by atoms with E-state index in [1.807, 2.05) is 31.2 Å². The van der Waals surface area contributed by atoms with Gasteiger partial charge in [-0.2, -0.15) is 0 Å². The van der Waals surface area contributed by atoms with Crippen LogP contribution in [-0.2, 0) is 16.0 Å². The molecule has 6 heteroatoms. The van der Waals surface area contributed by atoms with Gasteiger partial charge in [-0.05, 0) is 37.1 Å². The van der Waals surface area contributed by atoms with E-state index in [4.69, 9.17) is 16.3 Å². The summed E-state index contributed by atoms with van der Waals surface area (Å²) in [4.78, 5) is 26.1. The number of nitrogens with zero attached hydrogens (tertiary/aromatic N) is 1. The van der Waals surface area contributed by atoms with Crippen LogP contribution in [0.15, 0.2) is 42.5 Å². The Hall–Kier alpha value is -2.40. The monoisotopic (exact) mass is 347 g/mol. The molecule has 0 aliphatic carbocycles. The van der Waals surface area contributed by atoms with E-state index in [0.29, 0.717) is 0 Å². The lowest BCUT2D eigenvalue weighted by atomic mass is 10.1. The highest BCUT2D eigenvalue weighted by Gasteiger charge is 2.31. The molecular formula is C18H15ClFNO3. The molecule has 0 aromatic heterocycles. The quantitative estimate of drug-likeness (QED) is 0.797. The van der Waals surface area contributed by atoms with Gasteiger partial charge in [0.2, 0.25) is 0 Å². The maximum Gasteiger partial charge on any atom is 0.343 e. The summed E-state index contributed by atoms with van der Waals surface area (Å²) in [6.07, 6.45) is 0.745. The molecule has 1 atom stereocenters. The van der Waals surface area contributed by atoms with Gasteiger partial charge >= 0.3 is 5.97 Å². The normalized spacial score (nSPS) is 16.0. The van der Waals surface area contributed by atoms with Crippen molar-refractivity contribution in [2.45, 2.75) is 19.4 Å².